The Hall–Kier alpha value is -0.160. The van der Waals surface area contributed by atoms with E-state index in [4.69, 9.17) is 19.7 Å². The number of aliphatic hydroxyl groups excluding tert-OH is 2. The highest BCUT2D eigenvalue weighted by atomic mass is 16.7. The lowest BCUT2D eigenvalue weighted by atomic mass is 10.1. The third kappa shape index (κ3) is 0.616. The van der Waals surface area contributed by atoms with Crippen molar-refractivity contribution in [3.8, 4) is 0 Å². The van der Waals surface area contributed by atoms with Crippen LogP contribution in [0.3, 0.4) is 0 Å². The molecule has 0 radical (unpaired) electrons. The van der Waals surface area contributed by atoms with Crippen LogP contribution >= 0.6 is 0 Å². The van der Waals surface area contributed by atoms with Crippen molar-refractivity contribution in [3.05, 3.63) is 0 Å². The summed E-state index contributed by atoms with van der Waals surface area (Å²) >= 11 is 0. The minimum Gasteiger partial charge on any atom is -0.387 e. The molecule has 2 bridgehead atoms. The summed E-state index contributed by atoms with van der Waals surface area (Å²) in [5, 5.41) is 18.0. The molecule has 0 aromatic carbocycles. The zero-order chi connectivity index (χ0) is 6.43. The van der Waals surface area contributed by atoms with Crippen LogP contribution in [-0.4, -0.2) is 41.4 Å². The topological polar surface area (TPSA) is 58.9 Å². The van der Waals surface area contributed by atoms with Crippen LogP contribution in [0.1, 0.15) is 0 Å². The molecule has 0 unspecified atom stereocenters. The summed E-state index contributed by atoms with van der Waals surface area (Å²) < 4.78 is 9.88. The summed E-state index contributed by atoms with van der Waals surface area (Å²) in [4.78, 5) is 0. The molecule has 9 heavy (non-hydrogen) atoms. The lowest BCUT2D eigenvalue weighted by molar-refractivity contribution is -0.111. The summed E-state index contributed by atoms with van der Waals surface area (Å²) in [7, 11) is 0. The second-order valence-corrected chi connectivity index (χ2v) is 2.36. The van der Waals surface area contributed by atoms with Gasteiger partial charge in [0, 0.05) is 0 Å². The molecule has 0 aromatic rings. The van der Waals surface area contributed by atoms with Gasteiger partial charge < -0.3 is 19.7 Å². The van der Waals surface area contributed by atoms with Gasteiger partial charge in [0.15, 0.2) is 6.29 Å². The predicted octanol–water partition coefficient (Wildman–Crippen LogP) is -1.54. The SMILES string of the molecule is O[C@@H]1[C@H]2OC[C@@H](O2)[C@H]1O. The molecule has 2 heterocycles. The average Bonchev–Trinajstić information content (AvgIpc) is 2.37. The first-order valence-corrected chi connectivity index (χ1v) is 2.92. The minimum atomic E-state index is -0.844. The molecular weight excluding hydrogens is 124 g/mol. The molecule has 0 saturated carbocycles. The fraction of sp³-hybridized carbons (Fsp3) is 1.00. The number of rotatable bonds is 0. The van der Waals surface area contributed by atoms with Crippen LogP contribution in [-0.2, 0) is 9.47 Å². The Balaban J connectivity index is 2.15. The summed E-state index contributed by atoms with van der Waals surface area (Å²) in [6.45, 7) is 0.406. The maximum atomic E-state index is 9.03. The van der Waals surface area contributed by atoms with Crippen molar-refractivity contribution in [2.45, 2.75) is 24.6 Å². The van der Waals surface area contributed by atoms with Gasteiger partial charge in [-0.1, -0.05) is 0 Å². The van der Waals surface area contributed by atoms with E-state index in [1.807, 2.05) is 0 Å². The third-order valence-corrected chi connectivity index (χ3v) is 1.74. The standard InChI is InChI=1S/C5H8O4/c6-3-2-1-8-5(9-2)4(3)7/h2-7H,1H2/t2-,3-,4+,5+/m1/s1. The molecule has 2 aliphatic heterocycles. The summed E-state index contributed by atoms with van der Waals surface area (Å²) in [6.07, 6.45) is -2.47. The van der Waals surface area contributed by atoms with Crippen LogP contribution in [0.2, 0.25) is 0 Å². The normalized spacial score (nSPS) is 56.7. The maximum absolute atomic E-state index is 9.03. The predicted molar refractivity (Wildman–Crippen MR) is 26.6 cm³/mol. The Kier molecular flexibility index (Phi) is 1.04. The smallest absolute Gasteiger partial charge is 0.186 e. The highest BCUT2D eigenvalue weighted by Crippen LogP contribution is 2.28. The molecule has 4 nitrogen and oxygen atoms in total. The van der Waals surface area contributed by atoms with E-state index in [9.17, 15) is 0 Å². The molecule has 2 rings (SSSR count). The Bertz CT molecular complexity index is 108. The van der Waals surface area contributed by atoms with E-state index in [-0.39, 0.29) is 6.10 Å². The van der Waals surface area contributed by atoms with Crippen molar-refractivity contribution in [1.82, 2.24) is 0 Å². The zero-order valence-corrected chi connectivity index (χ0v) is 4.73. The van der Waals surface area contributed by atoms with Gasteiger partial charge in [0.1, 0.15) is 18.3 Å². The number of ether oxygens (including phenoxy) is 2. The Morgan fingerprint density at radius 2 is 2.00 bits per heavy atom. The Labute approximate surface area is 52.0 Å². The molecule has 2 N–H and O–H groups in total. The van der Waals surface area contributed by atoms with E-state index in [0.717, 1.165) is 0 Å². The lowest BCUT2D eigenvalue weighted by Gasteiger charge is -2.17. The molecule has 2 fully saturated rings. The molecule has 0 aromatic heterocycles. The van der Waals surface area contributed by atoms with Crippen LogP contribution in [0.5, 0.6) is 0 Å². The van der Waals surface area contributed by atoms with E-state index < -0.39 is 18.5 Å². The van der Waals surface area contributed by atoms with Crippen molar-refractivity contribution in [2.75, 3.05) is 6.61 Å². The van der Waals surface area contributed by atoms with Gasteiger partial charge in [-0.3, -0.25) is 0 Å². The van der Waals surface area contributed by atoms with Gasteiger partial charge >= 0.3 is 0 Å². The van der Waals surface area contributed by atoms with E-state index >= 15 is 0 Å². The first kappa shape index (κ1) is 5.61. The number of aliphatic hydroxyl groups is 2. The largest absolute Gasteiger partial charge is 0.387 e. The van der Waals surface area contributed by atoms with E-state index in [1.165, 1.54) is 0 Å². The average molecular weight is 132 g/mol. The van der Waals surface area contributed by atoms with Gasteiger partial charge in [-0.25, -0.2) is 0 Å². The van der Waals surface area contributed by atoms with Crippen molar-refractivity contribution >= 4 is 0 Å². The second-order valence-electron chi connectivity index (χ2n) is 2.36. The fourth-order valence-corrected chi connectivity index (χ4v) is 1.18. The van der Waals surface area contributed by atoms with Gasteiger partial charge in [0.25, 0.3) is 0 Å². The van der Waals surface area contributed by atoms with Crippen LogP contribution < -0.4 is 0 Å². The zero-order valence-electron chi connectivity index (χ0n) is 4.73. The molecule has 2 aliphatic rings. The molecule has 0 aliphatic carbocycles. The van der Waals surface area contributed by atoms with Crippen LogP contribution in [0, 0.1) is 0 Å². The van der Waals surface area contributed by atoms with Crippen molar-refractivity contribution in [3.63, 3.8) is 0 Å². The summed E-state index contributed by atoms with van der Waals surface area (Å²) in [6, 6.07) is 0. The number of fused-ring (bicyclic) bond motifs is 2. The fourth-order valence-electron chi connectivity index (χ4n) is 1.18. The lowest BCUT2D eigenvalue weighted by Crippen LogP contribution is -2.39. The number of hydrogen-bond acceptors (Lipinski definition) is 4. The summed E-state index contributed by atoms with van der Waals surface area (Å²) in [5.74, 6) is 0. The van der Waals surface area contributed by atoms with E-state index in [2.05, 4.69) is 0 Å². The molecule has 4 heteroatoms. The highest BCUT2D eigenvalue weighted by Gasteiger charge is 2.48. The van der Waals surface area contributed by atoms with Crippen LogP contribution in [0.4, 0.5) is 0 Å². The van der Waals surface area contributed by atoms with Gasteiger partial charge in [-0.15, -0.1) is 0 Å². The van der Waals surface area contributed by atoms with Crippen molar-refractivity contribution in [2.24, 2.45) is 0 Å². The highest BCUT2D eigenvalue weighted by molar-refractivity contribution is 4.90. The molecule has 2 saturated heterocycles. The van der Waals surface area contributed by atoms with Crippen molar-refractivity contribution in [1.29, 1.82) is 0 Å². The monoisotopic (exact) mass is 132 g/mol. The van der Waals surface area contributed by atoms with E-state index in [0.29, 0.717) is 6.61 Å². The Morgan fingerprint density at radius 1 is 1.22 bits per heavy atom. The van der Waals surface area contributed by atoms with Gasteiger partial charge in [-0.2, -0.15) is 0 Å². The molecule has 0 spiro atoms. The number of hydrogen-bond donors (Lipinski definition) is 2. The first-order chi connectivity index (χ1) is 4.29. The van der Waals surface area contributed by atoms with Gasteiger partial charge in [0.05, 0.1) is 6.61 Å². The molecule has 52 valence electrons. The molecular formula is C5H8O4. The minimum absolute atomic E-state index is 0.301. The van der Waals surface area contributed by atoms with Gasteiger partial charge in [-0.05, 0) is 0 Å². The molecule has 0 amide bonds. The Morgan fingerprint density at radius 3 is 2.33 bits per heavy atom. The second kappa shape index (κ2) is 1.67. The van der Waals surface area contributed by atoms with Gasteiger partial charge in [0.2, 0.25) is 0 Å². The van der Waals surface area contributed by atoms with E-state index in [1.54, 1.807) is 0 Å². The summed E-state index contributed by atoms with van der Waals surface area (Å²) in [5.41, 5.74) is 0. The quantitative estimate of drug-likeness (QED) is 0.419. The third-order valence-electron chi connectivity index (χ3n) is 1.74. The van der Waals surface area contributed by atoms with Crippen LogP contribution in [0.25, 0.3) is 0 Å². The van der Waals surface area contributed by atoms with Crippen molar-refractivity contribution < 1.29 is 19.7 Å². The molecule has 4 atom stereocenters. The maximum Gasteiger partial charge on any atom is 0.186 e. The first-order valence-electron chi connectivity index (χ1n) is 2.92. The van der Waals surface area contributed by atoms with Crippen LogP contribution in [0.15, 0.2) is 0 Å².